The second-order valence-electron chi connectivity index (χ2n) is 4.87. The summed E-state index contributed by atoms with van der Waals surface area (Å²) in [6.45, 7) is 3.87. The molecule has 2 aromatic heterocycles. The van der Waals surface area contributed by atoms with E-state index >= 15 is 0 Å². The van der Waals surface area contributed by atoms with Gasteiger partial charge < -0.3 is 5.73 Å². The maximum absolute atomic E-state index is 13.3. The molecule has 2 N–H and O–H groups in total. The van der Waals surface area contributed by atoms with Gasteiger partial charge in [-0.05, 0) is 43.7 Å². The van der Waals surface area contributed by atoms with E-state index in [-0.39, 0.29) is 0 Å². The molecule has 20 heavy (non-hydrogen) atoms. The van der Waals surface area contributed by atoms with Gasteiger partial charge in [0.05, 0.1) is 0 Å². The number of benzene rings is 1. The summed E-state index contributed by atoms with van der Waals surface area (Å²) in [6, 6.07) is 7.13. The normalized spacial score (nSPS) is 11.2. The quantitative estimate of drug-likeness (QED) is 0.737. The molecule has 0 radical (unpaired) electrons. The van der Waals surface area contributed by atoms with E-state index in [1.807, 2.05) is 26.0 Å². The van der Waals surface area contributed by atoms with Crippen LogP contribution >= 0.6 is 0 Å². The highest BCUT2D eigenvalue weighted by molar-refractivity contribution is 5.75. The van der Waals surface area contributed by atoms with Crippen molar-refractivity contribution >= 4 is 11.5 Å². The Labute approximate surface area is 114 Å². The third kappa shape index (κ3) is 1.91. The number of pyridine rings is 1. The van der Waals surface area contributed by atoms with Crippen LogP contribution in [0.4, 0.5) is 14.6 Å². The fourth-order valence-electron chi connectivity index (χ4n) is 2.46. The number of rotatable bonds is 1. The van der Waals surface area contributed by atoms with Crippen molar-refractivity contribution in [2.75, 3.05) is 5.73 Å². The first-order valence-electron chi connectivity index (χ1n) is 6.17. The number of hydrogen-bond donors (Lipinski definition) is 1. The van der Waals surface area contributed by atoms with E-state index < -0.39 is 11.6 Å². The molecule has 0 atom stereocenters. The number of fused-ring (bicyclic) bond motifs is 1. The number of aromatic nitrogens is 2. The van der Waals surface area contributed by atoms with Gasteiger partial charge in [0.15, 0.2) is 0 Å². The average Bonchev–Trinajstić information content (AvgIpc) is 2.65. The van der Waals surface area contributed by atoms with Crippen LogP contribution in [-0.4, -0.2) is 9.38 Å². The summed E-state index contributed by atoms with van der Waals surface area (Å²) in [5.41, 5.74) is 9.44. The van der Waals surface area contributed by atoms with Crippen LogP contribution in [0.15, 0.2) is 30.3 Å². The molecular weight excluding hydrogens is 260 g/mol. The van der Waals surface area contributed by atoms with Crippen molar-refractivity contribution in [3.05, 3.63) is 53.2 Å². The molecule has 5 heteroatoms. The molecule has 0 aliphatic heterocycles. The predicted octanol–water partition coefficient (Wildman–Crippen LogP) is 3.48. The molecule has 3 nitrogen and oxygen atoms in total. The van der Waals surface area contributed by atoms with Gasteiger partial charge in [-0.25, -0.2) is 13.8 Å². The van der Waals surface area contributed by atoms with Crippen molar-refractivity contribution in [3.63, 3.8) is 0 Å². The van der Waals surface area contributed by atoms with Gasteiger partial charge in [0, 0.05) is 17.3 Å². The lowest BCUT2D eigenvalue weighted by Crippen LogP contribution is -1.98. The predicted molar refractivity (Wildman–Crippen MR) is 74.4 cm³/mol. The molecule has 0 saturated heterocycles. The number of anilines is 1. The molecule has 2 heterocycles. The summed E-state index contributed by atoms with van der Waals surface area (Å²) in [5.74, 6) is -0.920. The Morgan fingerprint density at radius 2 is 1.65 bits per heavy atom. The molecule has 3 rings (SSSR count). The summed E-state index contributed by atoms with van der Waals surface area (Å²) in [6.07, 6.45) is 0. The van der Waals surface area contributed by atoms with Crippen LogP contribution in [0.3, 0.4) is 0 Å². The van der Waals surface area contributed by atoms with E-state index in [4.69, 9.17) is 5.73 Å². The molecule has 0 unspecified atom stereocenters. The maximum atomic E-state index is 13.3. The van der Waals surface area contributed by atoms with Crippen LogP contribution in [0.5, 0.6) is 0 Å². The van der Waals surface area contributed by atoms with E-state index in [0.29, 0.717) is 22.7 Å². The summed E-state index contributed by atoms with van der Waals surface area (Å²) >= 11 is 0. The first-order chi connectivity index (χ1) is 9.45. The molecule has 0 aliphatic rings. The zero-order valence-electron chi connectivity index (χ0n) is 11.1. The van der Waals surface area contributed by atoms with Gasteiger partial charge in [-0.3, -0.25) is 4.40 Å². The minimum atomic E-state index is -0.649. The topological polar surface area (TPSA) is 43.3 Å². The lowest BCUT2D eigenvalue weighted by Gasteiger charge is -2.04. The standard InChI is InChI=1S/C15H13F2N3/c1-8-3-9(2)20-13(4-8)19-14(15(20)18)10-5-11(16)7-12(17)6-10/h3-7H,18H2,1-2H3. The molecule has 0 fully saturated rings. The van der Waals surface area contributed by atoms with Crippen LogP contribution in [0.25, 0.3) is 16.9 Å². The van der Waals surface area contributed by atoms with Gasteiger partial charge in [0.1, 0.15) is 28.8 Å². The average molecular weight is 273 g/mol. The van der Waals surface area contributed by atoms with E-state index in [1.165, 1.54) is 12.1 Å². The minimum absolute atomic E-state index is 0.334. The highest BCUT2D eigenvalue weighted by Crippen LogP contribution is 2.29. The van der Waals surface area contributed by atoms with E-state index in [1.54, 1.807) is 4.40 Å². The Morgan fingerprint density at radius 1 is 1.00 bits per heavy atom. The van der Waals surface area contributed by atoms with Crippen LogP contribution in [0, 0.1) is 25.5 Å². The monoisotopic (exact) mass is 273 g/mol. The third-order valence-electron chi connectivity index (χ3n) is 3.22. The molecule has 3 aromatic rings. The number of hydrogen-bond acceptors (Lipinski definition) is 2. The number of imidazole rings is 1. The van der Waals surface area contributed by atoms with Crippen LogP contribution < -0.4 is 5.73 Å². The molecule has 102 valence electrons. The first kappa shape index (κ1) is 12.6. The van der Waals surface area contributed by atoms with Gasteiger partial charge in [-0.2, -0.15) is 0 Å². The molecule has 0 spiro atoms. The fourth-order valence-corrected chi connectivity index (χ4v) is 2.46. The molecular formula is C15H13F2N3. The second-order valence-corrected chi connectivity index (χ2v) is 4.87. The summed E-state index contributed by atoms with van der Waals surface area (Å²) in [4.78, 5) is 4.39. The van der Waals surface area contributed by atoms with Crippen LogP contribution in [-0.2, 0) is 0 Å². The van der Waals surface area contributed by atoms with E-state index in [2.05, 4.69) is 4.98 Å². The first-order valence-corrected chi connectivity index (χ1v) is 6.17. The summed E-state index contributed by atoms with van der Waals surface area (Å²) in [7, 11) is 0. The number of nitrogens with two attached hydrogens (primary N) is 1. The van der Waals surface area contributed by atoms with Gasteiger partial charge in [0.25, 0.3) is 0 Å². The number of nitrogens with zero attached hydrogens (tertiary/aromatic N) is 2. The third-order valence-corrected chi connectivity index (χ3v) is 3.22. The Kier molecular flexibility index (Phi) is 2.71. The van der Waals surface area contributed by atoms with E-state index in [9.17, 15) is 8.78 Å². The Balaban J connectivity index is 2.32. The van der Waals surface area contributed by atoms with Gasteiger partial charge in [-0.1, -0.05) is 0 Å². The lowest BCUT2D eigenvalue weighted by atomic mass is 10.1. The van der Waals surface area contributed by atoms with Crippen molar-refractivity contribution in [2.45, 2.75) is 13.8 Å². The van der Waals surface area contributed by atoms with Gasteiger partial charge >= 0.3 is 0 Å². The van der Waals surface area contributed by atoms with E-state index in [0.717, 1.165) is 17.3 Å². The molecule has 0 bridgehead atoms. The summed E-state index contributed by atoms with van der Waals surface area (Å²) in [5, 5.41) is 0. The molecule has 0 amide bonds. The Hall–Kier alpha value is -2.43. The minimum Gasteiger partial charge on any atom is -0.383 e. The van der Waals surface area contributed by atoms with Crippen LogP contribution in [0.1, 0.15) is 11.3 Å². The Morgan fingerprint density at radius 3 is 2.30 bits per heavy atom. The van der Waals surface area contributed by atoms with Crippen molar-refractivity contribution in [1.29, 1.82) is 0 Å². The summed E-state index contributed by atoms with van der Waals surface area (Å²) < 4.78 is 28.4. The smallest absolute Gasteiger partial charge is 0.139 e. The van der Waals surface area contributed by atoms with Crippen molar-refractivity contribution < 1.29 is 8.78 Å². The fraction of sp³-hybridized carbons (Fsp3) is 0.133. The van der Waals surface area contributed by atoms with Crippen LogP contribution in [0.2, 0.25) is 0 Å². The number of halogens is 2. The van der Waals surface area contributed by atoms with Crippen molar-refractivity contribution in [3.8, 4) is 11.3 Å². The van der Waals surface area contributed by atoms with Gasteiger partial charge in [-0.15, -0.1) is 0 Å². The zero-order valence-corrected chi connectivity index (χ0v) is 11.1. The maximum Gasteiger partial charge on any atom is 0.139 e. The number of nitrogen functional groups attached to an aromatic ring is 1. The Bertz CT molecular complexity index is 801. The molecule has 0 saturated carbocycles. The largest absolute Gasteiger partial charge is 0.383 e. The van der Waals surface area contributed by atoms with Gasteiger partial charge in [0.2, 0.25) is 0 Å². The SMILES string of the molecule is Cc1cc(C)n2c(N)c(-c3cc(F)cc(F)c3)nc2c1. The molecule has 0 aliphatic carbocycles. The lowest BCUT2D eigenvalue weighted by molar-refractivity contribution is 0.584. The number of aryl methyl sites for hydroxylation is 2. The molecule has 1 aromatic carbocycles. The van der Waals surface area contributed by atoms with Crippen molar-refractivity contribution in [2.24, 2.45) is 0 Å². The highest BCUT2D eigenvalue weighted by atomic mass is 19.1. The zero-order chi connectivity index (χ0) is 14.4. The second kappa shape index (κ2) is 4.30. The van der Waals surface area contributed by atoms with Crippen molar-refractivity contribution in [1.82, 2.24) is 9.38 Å². The highest BCUT2D eigenvalue weighted by Gasteiger charge is 2.14.